The smallest absolute Gasteiger partial charge is 0.264 e. The van der Waals surface area contributed by atoms with Crippen molar-refractivity contribution in [3.05, 3.63) is 65.0 Å². The zero-order valence-electron chi connectivity index (χ0n) is 14.8. The van der Waals surface area contributed by atoms with Gasteiger partial charge in [0.05, 0.1) is 15.8 Å². The Hall–Kier alpha value is -2.67. The molecule has 0 unspecified atom stereocenters. The molecule has 0 radical (unpaired) electrons. The second kappa shape index (κ2) is 7.15. The molecule has 1 aliphatic carbocycles. The van der Waals surface area contributed by atoms with Crippen molar-refractivity contribution >= 4 is 26.9 Å². The van der Waals surface area contributed by atoms with E-state index >= 15 is 0 Å². The number of anilines is 1. The third-order valence-corrected chi connectivity index (χ3v) is 6.37. The van der Waals surface area contributed by atoms with Crippen LogP contribution in [0.1, 0.15) is 38.1 Å². The van der Waals surface area contributed by atoms with Gasteiger partial charge in [0, 0.05) is 6.04 Å². The van der Waals surface area contributed by atoms with E-state index in [4.69, 9.17) is 0 Å². The van der Waals surface area contributed by atoms with E-state index in [1.54, 1.807) is 47.0 Å². The Balaban J connectivity index is 1.87. The lowest BCUT2D eigenvalue weighted by Crippen LogP contribution is -2.31. The molecule has 1 aliphatic rings. The molecule has 6 nitrogen and oxygen atoms in total. The molecule has 27 heavy (non-hydrogen) atoms. The lowest BCUT2D eigenvalue weighted by Gasteiger charge is -2.26. The van der Waals surface area contributed by atoms with E-state index in [9.17, 15) is 13.2 Å². The molecule has 0 saturated heterocycles. The van der Waals surface area contributed by atoms with E-state index in [0.717, 1.165) is 32.1 Å². The number of benzene rings is 2. The van der Waals surface area contributed by atoms with Gasteiger partial charge >= 0.3 is 0 Å². The summed E-state index contributed by atoms with van der Waals surface area (Å²) in [5, 5.41) is 0.505. The van der Waals surface area contributed by atoms with Crippen LogP contribution in [0.3, 0.4) is 0 Å². The highest BCUT2D eigenvalue weighted by molar-refractivity contribution is 7.92. The molecule has 1 fully saturated rings. The summed E-state index contributed by atoms with van der Waals surface area (Å²) >= 11 is 0. The first-order valence-corrected chi connectivity index (χ1v) is 10.6. The summed E-state index contributed by atoms with van der Waals surface area (Å²) < 4.78 is 29.7. The highest BCUT2D eigenvalue weighted by Gasteiger charge is 2.24. The molecule has 7 heteroatoms. The molecule has 1 aromatic heterocycles. The van der Waals surface area contributed by atoms with Crippen LogP contribution < -0.4 is 10.3 Å². The van der Waals surface area contributed by atoms with E-state index in [1.807, 2.05) is 0 Å². The Bertz CT molecular complexity index is 1120. The Labute approximate surface area is 157 Å². The third kappa shape index (κ3) is 3.47. The average Bonchev–Trinajstić information content (AvgIpc) is 2.69. The van der Waals surface area contributed by atoms with Crippen LogP contribution in [0.4, 0.5) is 5.95 Å². The Kier molecular flexibility index (Phi) is 4.70. The maximum absolute atomic E-state index is 13.2. The Morgan fingerprint density at radius 3 is 2.33 bits per heavy atom. The summed E-state index contributed by atoms with van der Waals surface area (Å²) in [6.07, 6.45) is 4.88. The molecule has 140 valence electrons. The first-order chi connectivity index (χ1) is 13.1. The summed E-state index contributed by atoms with van der Waals surface area (Å²) in [6, 6.07) is 15.1. The predicted molar refractivity (Wildman–Crippen MR) is 105 cm³/mol. The monoisotopic (exact) mass is 383 g/mol. The van der Waals surface area contributed by atoms with Gasteiger partial charge in [0.2, 0.25) is 5.95 Å². The van der Waals surface area contributed by atoms with Gasteiger partial charge in [-0.3, -0.25) is 9.36 Å². The second-order valence-electron chi connectivity index (χ2n) is 6.84. The first kappa shape index (κ1) is 17.7. The van der Waals surface area contributed by atoms with Gasteiger partial charge in [-0.15, -0.1) is 0 Å². The van der Waals surface area contributed by atoms with Crippen LogP contribution in [0.2, 0.25) is 0 Å². The van der Waals surface area contributed by atoms with E-state index in [-0.39, 0.29) is 22.4 Å². The minimum Gasteiger partial charge on any atom is -0.274 e. The third-order valence-electron chi connectivity index (χ3n) is 5.03. The van der Waals surface area contributed by atoms with Crippen LogP contribution in [-0.4, -0.2) is 18.0 Å². The van der Waals surface area contributed by atoms with Crippen LogP contribution in [0.25, 0.3) is 10.9 Å². The van der Waals surface area contributed by atoms with Crippen molar-refractivity contribution in [1.29, 1.82) is 0 Å². The molecule has 4 rings (SSSR count). The maximum atomic E-state index is 13.2. The fraction of sp³-hybridized carbons (Fsp3) is 0.300. The molecule has 0 bridgehead atoms. The topological polar surface area (TPSA) is 81.1 Å². The lowest BCUT2D eigenvalue weighted by molar-refractivity contribution is 0.349. The highest BCUT2D eigenvalue weighted by atomic mass is 32.2. The van der Waals surface area contributed by atoms with Gasteiger partial charge in [-0.05, 0) is 37.1 Å². The fourth-order valence-electron chi connectivity index (χ4n) is 3.67. The number of nitrogens with zero attached hydrogens (tertiary/aromatic N) is 2. The zero-order chi connectivity index (χ0) is 18.9. The van der Waals surface area contributed by atoms with Gasteiger partial charge in [-0.2, -0.15) is 0 Å². The summed E-state index contributed by atoms with van der Waals surface area (Å²) in [7, 11) is -3.83. The van der Waals surface area contributed by atoms with E-state index < -0.39 is 10.0 Å². The van der Waals surface area contributed by atoms with E-state index in [1.165, 1.54) is 12.1 Å². The van der Waals surface area contributed by atoms with Crippen molar-refractivity contribution < 1.29 is 8.42 Å². The van der Waals surface area contributed by atoms with Gasteiger partial charge in [-0.25, -0.2) is 18.1 Å². The number of fused-ring (bicyclic) bond motifs is 1. The number of para-hydroxylation sites is 1. The summed E-state index contributed by atoms with van der Waals surface area (Å²) in [5.41, 5.74) is 0.290. The predicted octanol–water partition coefficient (Wildman–Crippen LogP) is 3.70. The molecule has 0 spiro atoms. The fourth-order valence-corrected chi connectivity index (χ4v) is 4.69. The summed E-state index contributed by atoms with van der Waals surface area (Å²) in [4.78, 5) is 17.8. The molecule has 1 saturated carbocycles. The van der Waals surface area contributed by atoms with E-state index in [0.29, 0.717) is 10.9 Å². The van der Waals surface area contributed by atoms with Crippen molar-refractivity contribution in [3.63, 3.8) is 0 Å². The number of hydrogen-bond donors (Lipinski definition) is 1. The van der Waals surface area contributed by atoms with Crippen LogP contribution in [-0.2, 0) is 10.0 Å². The van der Waals surface area contributed by atoms with Crippen molar-refractivity contribution in [1.82, 2.24) is 9.55 Å². The maximum Gasteiger partial charge on any atom is 0.264 e. The van der Waals surface area contributed by atoms with E-state index in [2.05, 4.69) is 9.71 Å². The molecule has 2 aromatic carbocycles. The number of hydrogen-bond acceptors (Lipinski definition) is 4. The largest absolute Gasteiger partial charge is 0.274 e. The molecular formula is C20H21N3O3S. The summed E-state index contributed by atoms with van der Waals surface area (Å²) in [6.45, 7) is 0. The van der Waals surface area contributed by atoms with Crippen LogP contribution in [0.15, 0.2) is 64.3 Å². The van der Waals surface area contributed by atoms with Crippen molar-refractivity contribution in [2.75, 3.05) is 4.72 Å². The molecule has 1 heterocycles. The standard InChI is InChI=1S/C20H21N3O3S/c24-19-17-13-7-8-14-18(17)21-20(23(19)15-9-3-1-4-10-15)22-27(25,26)16-11-5-2-6-12-16/h2,5-8,11-15H,1,3-4,9-10H2,(H,21,22). The van der Waals surface area contributed by atoms with Crippen LogP contribution in [0.5, 0.6) is 0 Å². The minimum atomic E-state index is -3.83. The SMILES string of the molecule is O=c1c2ccccc2nc(NS(=O)(=O)c2ccccc2)n1C1CCCCC1. The average molecular weight is 383 g/mol. The Morgan fingerprint density at radius 1 is 0.926 bits per heavy atom. The van der Waals surface area contributed by atoms with Crippen LogP contribution >= 0.6 is 0 Å². The number of rotatable bonds is 4. The second-order valence-corrected chi connectivity index (χ2v) is 8.52. The number of aromatic nitrogens is 2. The first-order valence-electron chi connectivity index (χ1n) is 9.15. The molecular weight excluding hydrogens is 362 g/mol. The van der Waals surface area contributed by atoms with Gasteiger partial charge < -0.3 is 0 Å². The number of nitrogens with one attached hydrogen (secondary N) is 1. The van der Waals surface area contributed by atoms with Crippen molar-refractivity contribution in [2.45, 2.75) is 43.0 Å². The van der Waals surface area contributed by atoms with Crippen molar-refractivity contribution in [2.24, 2.45) is 0 Å². The van der Waals surface area contributed by atoms with Gasteiger partial charge in [-0.1, -0.05) is 49.6 Å². The minimum absolute atomic E-state index is 0.0446. The summed E-state index contributed by atoms with van der Waals surface area (Å²) in [5.74, 6) is 0.0921. The van der Waals surface area contributed by atoms with Gasteiger partial charge in [0.15, 0.2) is 0 Å². The van der Waals surface area contributed by atoms with Crippen LogP contribution in [0, 0.1) is 0 Å². The zero-order valence-corrected chi connectivity index (χ0v) is 15.7. The quantitative estimate of drug-likeness (QED) is 0.745. The van der Waals surface area contributed by atoms with Gasteiger partial charge in [0.1, 0.15) is 0 Å². The highest BCUT2D eigenvalue weighted by Crippen LogP contribution is 2.30. The number of sulfonamides is 1. The molecule has 0 atom stereocenters. The molecule has 1 N–H and O–H groups in total. The normalized spacial score (nSPS) is 15.7. The molecule has 0 amide bonds. The lowest BCUT2D eigenvalue weighted by atomic mass is 9.95. The van der Waals surface area contributed by atoms with Crippen molar-refractivity contribution in [3.8, 4) is 0 Å². The molecule has 3 aromatic rings. The Morgan fingerprint density at radius 2 is 1.59 bits per heavy atom. The molecule has 0 aliphatic heterocycles. The van der Waals surface area contributed by atoms with Gasteiger partial charge in [0.25, 0.3) is 15.6 Å².